The Labute approximate surface area is 161 Å². The van der Waals surface area contributed by atoms with Gasteiger partial charge in [0, 0.05) is 17.3 Å². The van der Waals surface area contributed by atoms with E-state index in [1.807, 2.05) is 48.5 Å². The maximum Gasteiger partial charge on any atom is 0.417 e. The minimum atomic E-state index is -0.482. The average Bonchev–Trinajstić information content (AvgIpc) is 2.46. The number of quaternary nitrogens is 1. The minimum absolute atomic E-state index is 0. The molecule has 4 nitrogen and oxygen atoms in total. The minimum Gasteiger partial charge on any atom is -1.00 e. The van der Waals surface area contributed by atoms with E-state index >= 15 is 0 Å². The molecule has 130 valence electrons. The number of anilines is 1. The van der Waals surface area contributed by atoms with Crippen molar-refractivity contribution in [2.45, 2.75) is 19.8 Å². The number of nitrogens with zero attached hydrogens (tertiary/aromatic N) is 1. The summed E-state index contributed by atoms with van der Waals surface area (Å²) in [6.07, 6.45) is -0.482. The first-order valence-corrected chi connectivity index (χ1v) is 7.77. The van der Waals surface area contributed by atoms with Crippen molar-refractivity contribution in [2.24, 2.45) is 0 Å². The maximum absolute atomic E-state index is 12.0. The highest BCUT2D eigenvalue weighted by Gasteiger charge is 2.20. The molecular weight excluding hydrogens is 415 g/mol. The molecule has 2 rings (SSSR count). The summed E-state index contributed by atoms with van der Waals surface area (Å²) in [7, 11) is 6.39. The van der Waals surface area contributed by atoms with Crippen LogP contribution in [0.3, 0.4) is 0 Å². The van der Waals surface area contributed by atoms with Crippen LogP contribution in [0.4, 0.5) is 16.2 Å². The summed E-state index contributed by atoms with van der Waals surface area (Å²) in [6.45, 7) is 4.28. The lowest BCUT2D eigenvalue weighted by Crippen LogP contribution is -3.00. The van der Waals surface area contributed by atoms with Gasteiger partial charge >= 0.3 is 6.09 Å². The van der Waals surface area contributed by atoms with Crippen molar-refractivity contribution in [3.05, 3.63) is 54.1 Å². The van der Waals surface area contributed by atoms with Gasteiger partial charge in [0.05, 0.1) is 21.1 Å². The number of halogens is 1. The highest BCUT2D eigenvalue weighted by molar-refractivity contribution is 5.86. The number of benzene rings is 2. The van der Waals surface area contributed by atoms with Gasteiger partial charge in [0.1, 0.15) is 11.4 Å². The fourth-order valence-electron chi connectivity index (χ4n) is 2.44. The molecule has 0 aromatic heterocycles. The summed E-state index contributed by atoms with van der Waals surface area (Å²) in [4.78, 5) is 12.0. The Balaban J connectivity index is 0.00000288. The smallest absolute Gasteiger partial charge is 0.417 e. The van der Waals surface area contributed by atoms with Gasteiger partial charge in [-0.3, -0.25) is 9.80 Å². The van der Waals surface area contributed by atoms with E-state index in [9.17, 15) is 4.79 Å². The van der Waals surface area contributed by atoms with Gasteiger partial charge in [-0.15, -0.1) is 0 Å². The molecule has 0 saturated heterocycles. The van der Waals surface area contributed by atoms with Crippen LogP contribution in [0, 0.1) is 0 Å². The van der Waals surface area contributed by atoms with Crippen LogP contribution in [-0.2, 0) is 0 Å². The molecule has 0 saturated carbocycles. The summed E-state index contributed by atoms with van der Waals surface area (Å²) in [5.41, 5.74) is 3.11. The molecule has 0 unspecified atom stereocenters. The third-order valence-corrected chi connectivity index (χ3v) is 3.57. The van der Waals surface area contributed by atoms with E-state index in [4.69, 9.17) is 4.74 Å². The number of nitrogens with one attached hydrogen (secondary N) is 1. The van der Waals surface area contributed by atoms with E-state index in [0.717, 1.165) is 4.48 Å². The van der Waals surface area contributed by atoms with Crippen LogP contribution in [0.5, 0.6) is 5.75 Å². The van der Waals surface area contributed by atoms with Crippen LogP contribution < -0.4 is 38.5 Å². The number of carbonyl (C=O) groups excluding carboxylic acids is 1. The predicted octanol–water partition coefficient (Wildman–Crippen LogP) is 1.62. The molecule has 1 amide bonds. The van der Waals surface area contributed by atoms with Crippen molar-refractivity contribution in [3.8, 4) is 5.75 Å². The number of amides is 1. The molecule has 0 bridgehead atoms. The van der Waals surface area contributed by atoms with E-state index < -0.39 is 6.09 Å². The van der Waals surface area contributed by atoms with Crippen molar-refractivity contribution in [1.29, 1.82) is 0 Å². The molecule has 0 heterocycles. The second-order valence-corrected chi connectivity index (χ2v) is 6.77. The number of para-hydroxylation sites is 1. The Hall–Kier alpha value is -1.60. The van der Waals surface area contributed by atoms with Gasteiger partial charge in [0.2, 0.25) is 0 Å². The first-order chi connectivity index (χ1) is 10.8. The molecule has 24 heavy (non-hydrogen) atoms. The second-order valence-electron chi connectivity index (χ2n) is 6.77. The number of hydrogen-bond acceptors (Lipinski definition) is 2. The molecule has 0 aliphatic heterocycles. The summed E-state index contributed by atoms with van der Waals surface area (Å²) in [5.74, 6) is 0.905. The zero-order valence-corrected chi connectivity index (χ0v) is 17.0. The van der Waals surface area contributed by atoms with Gasteiger partial charge in [-0.25, -0.2) is 4.79 Å². The molecular formula is C19H25IN2O2. The van der Waals surface area contributed by atoms with Crippen LogP contribution >= 0.6 is 0 Å². The van der Waals surface area contributed by atoms with E-state index in [0.29, 0.717) is 17.4 Å². The monoisotopic (exact) mass is 440 g/mol. The largest absolute Gasteiger partial charge is 1.00 e. The van der Waals surface area contributed by atoms with Crippen molar-refractivity contribution >= 4 is 17.5 Å². The molecule has 2 aromatic rings. The summed E-state index contributed by atoms with van der Waals surface area (Å²) >= 11 is 0. The lowest BCUT2D eigenvalue weighted by Gasteiger charge is -2.27. The van der Waals surface area contributed by atoms with E-state index in [1.165, 1.54) is 11.3 Å². The normalized spacial score (nSPS) is 10.9. The molecule has 5 heteroatoms. The quantitative estimate of drug-likeness (QED) is 0.580. The van der Waals surface area contributed by atoms with Gasteiger partial charge in [-0.1, -0.05) is 32.0 Å². The molecule has 2 aromatic carbocycles. The third kappa shape index (κ3) is 5.49. The lowest BCUT2D eigenvalue weighted by atomic mass is 9.99. The average molecular weight is 440 g/mol. The standard InChI is InChI=1S/C19H24N2O2.HI/c1-14(2)17-13-16(11-12-18(17)21(3,4)5)23-19(22)20-15-9-7-6-8-10-15;/h6-14H,1-5H3;1H. The fourth-order valence-corrected chi connectivity index (χ4v) is 2.44. The van der Waals surface area contributed by atoms with Crippen molar-refractivity contribution in [2.75, 3.05) is 26.5 Å². The summed E-state index contributed by atoms with van der Waals surface area (Å²) < 4.78 is 6.15. The predicted molar refractivity (Wildman–Crippen MR) is 96.2 cm³/mol. The van der Waals surface area contributed by atoms with Crippen molar-refractivity contribution in [1.82, 2.24) is 4.48 Å². The van der Waals surface area contributed by atoms with Gasteiger partial charge in [0.25, 0.3) is 0 Å². The lowest BCUT2D eigenvalue weighted by molar-refractivity contribution is -0.00000973. The SMILES string of the molecule is CC(C)c1cc(OC(=O)Nc2ccccc2)ccc1[N+](C)(C)C.[I-]. The Kier molecular flexibility index (Phi) is 7.23. The molecule has 0 fully saturated rings. The number of ether oxygens (including phenoxy) is 1. The van der Waals surface area contributed by atoms with Gasteiger partial charge in [0.15, 0.2) is 0 Å². The summed E-state index contributed by atoms with van der Waals surface area (Å²) in [5, 5.41) is 2.72. The summed E-state index contributed by atoms with van der Waals surface area (Å²) in [6, 6.07) is 15.1. The third-order valence-electron chi connectivity index (χ3n) is 3.57. The van der Waals surface area contributed by atoms with Crippen LogP contribution in [-0.4, -0.2) is 27.2 Å². The number of hydrogen-bond donors (Lipinski definition) is 1. The second kappa shape index (κ2) is 8.48. The molecule has 0 aliphatic carbocycles. The van der Waals surface area contributed by atoms with Crippen LogP contribution in [0.25, 0.3) is 0 Å². The van der Waals surface area contributed by atoms with Crippen molar-refractivity contribution in [3.63, 3.8) is 0 Å². The van der Waals surface area contributed by atoms with Crippen molar-refractivity contribution < 1.29 is 33.5 Å². The van der Waals surface area contributed by atoms with Gasteiger partial charge < -0.3 is 28.7 Å². The molecule has 1 N–H and O–H groups in total. The molecule has 0 aliphatic rings. The Bertz CT molecular complexity index is 680. The van der Waals surface area contributed by atoms with E-state index in [-0.39, 0.29) is 24.0 Å². The van der Waals surface area contributed by atoms with Crippen LogP contribution in [0.1, 0.15) is 25.3 Å². The Morgan fingerprint density at radius 2 is 1.67 bits per heavy atom. The van der Waals surface area contributed by atoms with E-state index in [2.05, 4.69) is 40.3 Å². The molecule has 0 radical (unpaired) electrons. The number of carbonyl (C=O) groups is 1. The first kappa shape index (κ1) is 20.4. The molecule has 0 spiro atoms. The Morgan fingerprint density at radius 3 is 2.21 bits per heavy atom. The van der Waals surface area contributed by atoms with Crippen LogP contribution in [0.15, 0.2) is 48.5 Å². The number of rotatable bonds is 4. The Morgan fingerprint density at radius 1 is 1.04 bits per heavy atom. The van der Waals surface area contributed by atoms with Crippen LogP contribution in [0.2, 0.25) is 0 Å². The van der Waals surface area contributed by atoms with Gasteiger partial charge in [-0.2, -0.15) is 0 Å². The van der Waals surface area contributed by atoms with Gasteiger partial charge in [-0.05, 0) is 30.2 Å². The zero-order chi connectivity index (χ0) is 17.0. The maximum atomic E-state index is 12.0. The zero-order valence-electron chi connectivity index (χ0n) is 14.8. The first-order valence-electron chi connectivity index (χ1n) is 7.77. The highest BCUT2D eigenvalue weighted by atomic mass is 127. The highest BCUT2D eigenvalue weighted by Crippen LogP contribution is 2.32. The van der Waals surface area contributed by atoms with E-state index in [1.54, 1.807) is 0 Å². The fraction of sp³-hybridized carbons (Fsp3) is 0.316. The topological polar surface area (TPSA) is 38.3 Å². The molecule has 0 atom stereocenters.